The molecular weight excluding hydrogens is 592 g/mol. The largest absolute Gasteiger partial charge is 0.481 e. The van der Waals surface area contributed by atoms with Gasteiger partial charge in [-0.25, -0.2) is 0 Å². The number of nitro groups is 1. The maximum atomic E-state index is 12.9. The number of non-ortho nitro benzene ring substituents is 1. The van der Waals surface area contributed by atoms with Crippen LogP contribution in [-0.4, -0.2) is 75.2 Å². The molecule has 0 saturated carbocycles. The fraction of sp³-hybridized carbons (Fsp3) is 0.286. The molecule has 3 rings (SSSR count). The lowest BCUT2D eigenvalue weighted by molar-refractivity contribution is -0.384. The number of carbonyl (C=O) groups is 6. The number of benzene rings is 2. The molecule has 17 nitrogen and oxygen atoms in total. The van der Waals surface area contributed by atoms with Crippen LogP contribution in [0.25, 0.3) is 10.9 Å². The minimum atomic E-state index is -1.47. The van der Waals surface area contributed by atoms with E-state index in [0.29, 0.717) is 0 Å². The predicted molar refractivity (Wildman–Crippen MR) is 159 cm³/mol. The average Bonchev–Trinajstić information content (AvgIpc) is 3.40. The van der Waals surface area contributed by atoms with E-state index < -0.39 is 77.9 Å². The lowest BCUT2D eigenvalue weighted by atomic mass is 10.0. The third-order valence-electron chi connectivity index (χ3n) is 6.56. The Bertz CT molecular complexity index is 1590. The van der Waals surface area contributed by atoms with E-state index in [-0.39, 0.29) is 24.2 Å². The van der Waals surface area contributed by atoms with Gasteiger partial charge in [-0.2, -0.15) is 0 Å². The van der Waals surface area contributed by atoms with Gasteiger partial charge in [0.15, 0.2) is 0 Å². The monoisotopic (exact) mass is 624 g/mol. The Kier molecular flexibility index (Phi) is 11.7. The van der Waals surface area contributed by atoms with Crippen molar-refractivity contribution in [3.63, 3.8) is 0 Å². The molecule has 0 aliphatic heterocycles. The van der Waals surface area contributed by atoms with Crippen molar-refractivity contribution in [1.82, 2.24) is 20.9 Å². The van der Waals surface area contributed by atoms with Crippen LogP contribution < -0.4 is 32.7 Å². The second-order valence-electron chi connectivity index (χ2n) is 9.97. The Morgan fingerprint density at radius 1 is 0.933 bits per heavy atom. The Labute approximate surface area is 255 Å². The van der Waals surface area contributed by atoms with Gasteiger partial charge in [0, 0.05) is 41.3 Å². The van der Waals surface area contributed by atoms with Crippen LogP contribution in [0.3, 0.4) is 0 Å². The van der Waals surface area contributed by atoms with Gasteiger partial charge in [0.1, 0.15) is 12.1 Å². The quantitative estimate of drug-likeness (QED) is 0.0740. The molecule has 2 aromatic carbocycles. The number of nitrogens with one attached hydrogen (secondary N) is 5. The molecule has 10 N–H and O–H groups in total. The van der Waals surface area contributed by atoms with E-state index in [0.717, 1.165) is 28.6 Å². The van der Waals surface area contributed by atoms with Crippen molar-refractivity contribution in [2.45, 2.75) is 43.8 Å². The van der Waals surface area contributed by atoms with Gasteiger partial charge >= 0.3 is 5.97 Å². The molecule has 0 fully saturated rings. The highest BCUT2D eigenvalue weighted by molar-refractivity contribution is 6.00. The standard InChI is InChI=1S/C28H32N8O9/c29-19(11-15-13-31-20-4-2-1-3-18(15)20)26(41)35-21(9-10-25(39)40)27(42)32-14-24(38)34-22(12-23(30)37)28(43)33-16-5-7-17(8-6-16)36(44)45/h1-8,13,19,21-22,31H,9-12,14,29H2,(H2,30,37)(H,32,42)(H,33,43)(H,34,38)(H,35,41)(H,39,40)/t19-,21-,22-/m0/s1. The minimum absolute atomic E-state index is 0.120. The summed E-state index contributed by atoms with van der Waals surface area (Å²) in [5.74, 6) is -5.54. The molecule has 0 saturated heterocycles. The van der Waals surface area contributed by atoms with E-state index in [9.17, 15) is 38.9 Å². The summed E-state index contributed by atoms with van der Waals surface area (Å²) in [6, 6.07) is 8.25. The number of rotatable bonds is 16. The van der Waals surface area contributed by atoms with E-state index in [4.69, 9.17) is 16.6 Å². The number of aliphatic carboxylic acids is 1. The van der Waals surface area contributed by atoms with E-state index in [1.807, 2.05) is 24.3 Å². The summed E-state index contributed by atoms with van der Waals surface area (Å²) >= 11 is 0. The number of nitrogens with zero attached hydrogens (tertiary/aromatic N) is 1. The molecule has 0 bridgehead atoms. The van der Waals surface area contributed by atoms with Gasteiger partial charge < -0.3 is 42.8 Å². The van der Waals surface area contributed by atoms with Crippen molar-refractivity contribution in [2.24, 2.45) is 11.5 Å². The summed E-state index contributed by atoms with van der Waals surface area (Å²) in [5.41, 5.74) is 12.8. The van der Waals surface area contributed by atoms with Gasteiger partial charge in [-0.05, 0) is 36.6 Å². The molecule has 0 aliphatic carbocycles. The molecule has 1 aromatic heterocycles. The van der Waals surface area contributed by atoms with Gasteiger partial charge in [0.25, 0.3) is 5.69 Å². The Morgan fingerprint density at radius 3 is 2.27 bits per heavy atom. The van der Waals surface area contributed by atoms with Gasteiger partial charge in [-0.15, -0.1) is 0 Å². The molecule has 3 atom stereocenters. The highest BCUT2D eigenvalue weighted by Gasteiger charge is 2.27. The molecule has 0 radical (unpaired) electrons. The number of aromatic nitrogens is 1. The number of fused-ring (bicyclic) bond motifs is 1. The van der Waals surface area contributed by atoms with Gasteiger partial charge in [0.05, 0.1) is 23.9 Å². The Morgan fingerprint density at radius 2 is 1.62 bits per heavy atom. The lowest BCUT2D eigenvalue weighted by Gasteiger charge is -2.21. The maximum Gasteiger partial charge on any atom is 0.303 e. The number of aromatic amines is 1. The fourth-order valence-corrected chi connectivity index (χ4v) is 4.29. The van der Waals surface area contributed by atoms with Crippen LogP contribution in [0.1, 0.15) is 24.8 Å². The first kappa shape index (κ1) is 33.7. The molecule has 3 aromatic rings. The number of anilines is 1. The third kappa shape index (κ3) is 10.1. The van der Waals surface area contributed by atoms with Crippen LogP contribution >= 0.6 is 0 Å². The van der Waals surface area contributed by atoms with Gasteiger partial charge in [0.2, 0.25) is 29.5 Å². The number of H-pyrrole nitrogens is 1. The molecule has 0 spiro atoms. The van der Waals surface area contributed by atoms with Crippen LogP contribution in [0.2, 0.25) is 0 Å². The van der Waals surface area contributed by atoms with Crippen molar-refractivity contribution in [3.05, 3.63) is 70.4 Å². The normalized spacial score (nSPS) is 12.7. The zero-order valence-corrected chi connectivity index (χ0v) is 23.8. The van der Waals surface area contributed by atoms with E-state index >= 15 is 0 Å². The summed E-state index contributed by atoms with van der Waals surface area (Å²) in [5, 5.41) is 30.1. The number of hydrogen-bond donors (Lipinski definition) is 8. The van der Waals surface area contributed by atoms with Crippen LogP contribution in [0.5, 0.6) is 0 Å². The van der Waals surface area contributed by atoms with Crippen molar-refractivity contribution in [3.8, 4) is 0 Å². The molecular formula is C28H32N8O9. The molecule has 1 heterocycles. The smallest absolute Gasteiger partial charge is 0.303 e. The van der Waals surface area contributed by atoms with Crippen LogP contribution in [0, 0.1) is 10.1 Å². The van der Waals surface area contributed by atoms with Crippen LogP contribution in [0.15, 0.2) is 54.7 Å². The number of para-hydroxylation sites is 1. The summed E-state index contributed by atoms with van der Waals surface area (Å²) < 4.78 is 0. The zero-order valence-electron chi connectivity index (χ0n) is 23.8. The number of primary amides is 1. The topological polar surface area (TPSA) is 282 Å². The molecule has 0 unspecified atom stereocenters. The third-order valence-corrected chi connectivity index (χ3v) is 6.56. The second kappa shape index (κ2) is 15.6. The first-order valence-corrected chi connectivity index (χ1v) is 13.6. The zero-order chi connectivity index (χ0) is 33.1. The van der Waals surface area contributed by atoms with Crippen molar-refractivity contribution in [1.29, 1.82) is 0 Å². The SMILES string of the molecule is NC(=O)C[C@H](NC(=O)CNC(=O)[C@H](CCC(=O)O)NC(=O)[C@@H](N)Cc1c[nH]c2ccccc12)C(=O)Nc1ccc([N+](=O)[O-])cc1. The van der Waals surface area contributed by atoms with E-state index in [2.05, 4.69) is 26.3 Å². The Balaban J connectivity index is 1.59. The highest BCUT2D eigenvalue weighted by Crippen LogP contribution is 2.19. The summed E-state index contributed by atoms with van der Waals surface area (Å²) in [6.45, 7) is -0.709. The number of amides is 5. The van der Waals surface area contributed by atoms with Crippen molar-refractivity contribution < 1.29 is 38.8 Å². The van der Waals surface area contributed by atoms with Gasteiger partial charge in [-0.3, -0.25) is 38.9 Å². The van der Waals surface area contributed by atoms with Crippen LogP contribution in [0.4, 0.5) is 11.4 Å². The van der Waals surface area contributed by atoms with Crippen molar-refractivity contribution >= 4 is 57.8 Å². The highest BCUT2D eigenvalue weighted by atomic mass is 16.6. The van der Waals surface area contributed by atoms with Crippen LogP contribution in [-0.2, 0) is 35.2 Å². The number of nitrogens with two attached hydrogens (primary N) is 2. The molecule has 0 aliphatic rings. The Hall–Kier alpha value is -5.84. The van der Waals surface area contributed by atoms with Gasteiger partial charge in [-0.1, -0.05) is 18.2 Å². The van der Waals surface area contributed by atoms with E-state index in [1.54, 1.807) is 6.20 Å². The average molecular weight is 625 g/mol. The molecule has 45 heavy (non-hydrogen) atoms. The molecule has 238 valence electrons. The predicted octanol–water partition coefficient (Wildman–Crippen LogP) is -0.589. The minimum Gasteiger partial charge on any atom is -0.481 e. The lowest BCUT2D eigenvalue weighted by Crippen LogP contribution is -2.54. The molecule has 17 heteroatoms. The van der Waals surface area contributed by atoms with E-state index in [1.165, 1.54) is 12.1 Å². The summed E-state index contributed by atoms with van der Waals surface area (Å²) in [6.07, 6.45) is 0.434. The first-order chi connectivity index (χ1) is 21.3. The number of carboxylic acid groups (broad SMARTS) is 1. The summed E-state index contributed by atoms with van der Waals surface area (Å²) in [4.78, 5) is 86.9. The fourth-order valence-electron chi connectivity index (χ4n) is 4.29. The second-order valence-corrected chi connectivity index (χ2v) is 9.97. The van der Waals surface area contributed by atoms with Crippen molar-refractivity contribution in [2.75, 3.05) is 11.9 Å². The summed E-state index contributed by atoms with van der Waals surface area (Å²) in [7, 11) is 0. The number of carbonyl (C=O) groups excluding carboxylic acids is 5. The number of carboxylic acids is 1. The first-order valence-electron chi connectivity index (χ1n) is 13.6. The number of hydrogen-bond acceptors (Lipinski definition) is 9. The number of nitro benzene ring substituents is 1. The molecule has 5 amide bonds. The maximum absolute atomic E-state index is 12.9.